The van der Waals surface area contributed by atoms with Crippen LogP contribution in [0.15, 0.2) is 47.4 Å². The Bertz CT molecular complexity index is 978. The maximum absolute atomic E-state index is 12.7. The quantitative estimate of drug-likeness (QED) is 0.715. The van der Waals surface area contributed by atoms with Gasteiger partial charge in [0.05, 0.1) is 10.9 Å². The van der Waals surface area contributed by atoms with Gasteiger partial charge >= 0.3 is 0 Å². The lowest BCUT2D eigenvalue weighted by atomic mass is 10.00. The van der Waals surface area contributed by atoms with Crippen LogP contribution in [0.25, 0.3) is 0 Å². The Kier molecular flexibility index (Phi) is 7.32. The van der Waals surface area contributed by atoms with Gasteiger partial charge in [0.1, 0.15) is 0 Å². The lowest BCUT2D eigenvalue weighted by Crippen LogP contribution is -2.35. The number of sulfonamides is 1. The monoisotopic (exact) mass is 428 g/mol. The second-order valence-corrected chi connectivity index (χ2v) is 10.2. The zero-order chi connectivity index (χ0) is 21.7. The summed E-state index contributed by atoms with van der Waals surface area (Å²) in [5.74, 6) is -0.00609. The molecule has 6 heteroatoms. The van der Waals surface area contributed by atoms with Crippen LogP contribution in [0.5, 0.6) is 0 Å². The first-order chi connectivity index (χ1) is 14.3. The largest absolute Gasteiger partial charge is 0.350 e. The molecule has 0 saturated carbocycles. The van der Waals surface area contributed by atoms with Gasteiger partial charge < -0.3 is 5.32 Å². The average Bonchev–Trinajstić information content (AvgIpc) is 2.75. The number of carbonyl (C=O) groups excluding carboxylic acids is 1. The molecule has 1 N–H and O–H groups in total. The molecule has 5 nitrogen and oxygen atoms in total. The molecule has 1 amide bonds. The number of hydrogen-bond donors (Lipinski definition) is 1. The third-order valence-corrected chi connectivity index (χ3v) is 7.71. The standard InChI is InChI=1S/C24H32N2O3S/c1-18-7-8-19(2)23(17-18)20(3)25-24(27)14-11-21-9-12-22(13-10-21)30(28,29)26-15-5-4-6-16-26/h7-10,12-13,17,20H,4-6,11,14-16H2,1-3H3,(H,25,27). The van der Waals surface area contributed by atoms with Crippen LogP contribution in [-0.4, -0.2) is 31.7 Å². The summed E-state index contributed by atoms with van der Waals surface area (Å²) in [5.41, 5.74) is 4.44. The van der Waals surface area contributed by atoms with Crippen molar-refractivity contribution in [3.8, 4) is 0 Å². The van der Waals surface area contributed by atoms with E-state index in [0.717, 1.165) is 30.4 Å². The van der Waals surface area contributed by atoms with Gasteiger partial charge in [-0.05, 0) is 68.9 Å². The fourth-order valence-corrected chi connectivity index (χ4v) is 5.48. The van der Waals surface area contributed by atoms with Crippen molar-refractivity contribution >= 4 is 15.9 Å². The SMILES string of the molecule is Cc1ccc(C)c(C(C)NC(=O)CCc2ccc(S(=O)(=O)N3CCCCC3)cc2)c1. The molecule has 1 aliphatic rings. The van der Waals surface area contributed by atoms with E-state index in [4.69, 9.17) is 0 Å². The number of hydrogen-bond acceptors (Lipinski definition) is 3. The van der Waals surface area contributed by atoms with Crippen molar-refractivity contribution in [1.29, 1.82) is 0 Å². The number of rotatable bonds is 7. The zero-order valence-electron chi connectivity index (χ0n) is 18.1. The predicted molar refractivity (Wildman–Crippen MR) is 120 cm³/mol. The fourth-order valence-electron chi connectivity index (χ4n) is 3.96. The lowest BCUT2D eigenvalue weighted by molar-refractivity contribution is -0.121. The van der Waals surface area contributed by atoms with E-state index in [9.17, 15) is 13.2 Å². The van der Waals surface area contributed by atoms with E-state index in [0.29, 0.717) is 30.8 Å². The number of aryl methyl sites for hydroxylation is 3. The van der Waals surface area contributed by atoms with E-state index < -0.39 is 10.0 Å². The molecule has 2 aromatic carbocycles. The number of benzene rings is 2. The summed E-state index contributed by atoms with van der Waals surface area (Å²) in [6, 6.07) is 13.2. The highest BCUT2D eigenvalue weighted by Gasteiger charge is 2.25. The molecule has 1 saturated heterocycles. The van der Waals surface area contributed by atoms with Crippen LogP contribution < -0.4 is 5.32 Å². The number of piperidine rings is 1. The molecule has 1 unspecified atom stereocenters. The van der Waals surface area contributed by atoms with Crippen molar-refractivity contribution in [3.05, 3.63) is 64.7 Å². The number of nitrogens with zero attached hydrogens (tertiary/aromatic N) is 1. The minimum Gasteiger partial charge on any atom is -0.350 e. The Hall–Kier alpha value is -2.18. The Morgan fingerprint density at radius 3 is 2.37 bits per heavy atom. The van der Waals surface area contributed by atoms with Crippen LogP contribution in [0.4, 0.5) is 0 Å². The number of amides is 1. The maximum atomic E-state index is 12.7. The summed E-state index contributed by atoms with van der Waals surface area (Å²) in [5, 5.41) is 3.07. The van der Waals surface area contributed by atoms with E-state index >= 15 is 0 Å². The minimum atomic E-state index is -3.41. The van der Waals surface area contributed by atoms with Crippen molar-refractivity contribution in [3.63, 3.8) is 0 Å². The van der Waals surface area contributed by atoms with Gasteiger partial charge in [-0.3, -0.25) is 4.79 Å². The highest BCUT2D eigenvalue weighted by molar-refractivity contribution is 7.89. The molecule has 1 heterocycles. The van der Waals surface area contributed by atoms with Gasteiger partial charge in [0.25, 0.3) is 0 Å². The van der Waals surface area contributed by atoms with Crippen LogP contribution >= 0.6 is 0 Å². The van der Waals surface area contributed by atoms with E-state index in [2.05, 4.69) is 30.4 Å². The molecule has 0 bridgehead atoms. The molecule has 1 atom stereocenters. The lowest BCUT2D eigenvalue weighted by Gasteiger charge is -2.25. The normalized spacial score (nSPS) is 16.2. The van der Waals surface area contributed by atoms with Crippen LogP contribution in [0.1, 0.15) is 60.9 Å². The van der Waals surface area contributed by atoms with Crippen molar-refractivity contribution in [2.75, 3.05) is 13.1 Å². The highest BCUT2D eigenvalue weighted by atomic mass is 32.2. The van der Waals surface area contributed by atoms with Crippen molar-refractivity contribution in [2.45, 2.75) is 63.8 Å². The van der Waals surface area contributed by atoms with Gasteiger partial charge in [-0.25, -0.2) is 8.42 Å². The van der Waals surface area contributed by atoms with Gasteiger partial charge in [-0.15, -0.1) is 0 Å². The third kappa shape index (κ3) is 5.49. The molecular weight excluding hydrogens is 396 g/mol. The summed E-state index contributed by atoms with van der Waals surface area (Å²) in [6.45, 7) is 7.30. The van der Waals surface area contributed by atoms with Crippen LogP contribution in [-0.2, 0) is 21.2 Å². The summed E-state index contributed by atoms with van der Waals surface area (Å²) in [4.78, 5) is 12.7. The number of carbonyl (C=O) groups is 1. The predicted octanol–water partition coefficient (Wildman–Crippen LogP) is 4.29. The number of nitrogens with one attached hydrogen (secondary N) is 1. The molecular formula is C24H32N2O3S. The van der Waals surface area contributed by atoms with E-state index in [1.165, 1.54) is 11.1 Å². The Balaban J connectivity index is 1.55. The van der Waals surface area contributed by atoms with Gasteiger partial charge in [0, 0.05) is 19.5 Å². The van der Waals surface area contributed by atoms with Gasteiger partial charge in [-0.1, -0.05) is 42.3 Å². The molecule has 3 rings (SSSR count). The topological polar surface area (TPSA) is 66.5 Å². The summed E-state index contributed by atoms with van der Waals surface area (Å²) in [7, 11) is -3.41. The van der Waals surface area contributed by atoms with Crippen LogP contribution in [0.2, 0.25) is 0 Å². The van der Waals surface area contributed by atoms with E-state index in [-0.39, 0.29) is 11.9 Å². The minimum absolute atomic E-state index is 0.00609. The molecule has 30 heavy (non-hydrogen) atoms. The second-order valence-electron chi connectivity index (χ2n) is 8.26. The maximum Gasteiger partial charge on any atom is 0.243 e. The molecule has 1 aliphatic heterocycles. The molecule has 0 spiro atoms. The molecule has 0 radical (unpaired) electrons. The summed E-state index contributed by atoms with van der Waals surface area (Å²) in [6.07, 6.45) is 3.89. The van der Waals surface area contributed by atoms with E-state index in [1.54, 1.807) is 16.4 Å². The molecule has 0 aromatic heterocycles. The van der Waals surface area contributed by atoms with Gasteiger partial charge in [-0.2, -0.15) is 4.31 Å². The fraction of sp³-hybridized carbons (Fsp3) is 0.458. The first kappa shape index (κ1) is 22.5. The van der Waals surface area contributed by atoms with Crippen molar-refractivity contribution < 1.29 is 13.2 Å². The molecule has 162 valence electrons. The van der Waals surface area contributed by atoms with E-state index in [1.807, 2.05) is 26.0 Å². The Morgan fingerprint density at radius 2 is 1.70 bits per heavy atom. The zero-order valence-corrected chi connectivity index (χ0v) is 19.0. The first-order valence-electron chi connectivity index (χ1n) is 10.7. The first-order valence-corrected chi connectivity index (χ1v) is 12.2. The van der Waals surface area contributed by atoms with Crippen molar-refractivity contribution in [1.82, 2.24) is 9.62 Å². The molecule has 0 aliphatic carbocycles. The van der Waals surface area contributed by atoms with Crippen LogP contribution in [0, 0.1) is 13.8 Å². The van der Waals surface area contributed by atoms with Gasteiger partial charge in [0.15, 0.2) is 0 Å². The summed E-state index contributed by atoms with van der Waals surface area (Å²) >= 11 is 0. The second kappa shape index (κ2) is 9.75. The third-order valence-electron chi connectivity index (χ3n) is 5.80. The summed E-state index contributed by atoms with van der Waals surface area (Å²) < 4.78 is 27.0. The average molecular weight is 429 g/mol. The Labute approximate surface area is 180 Å². The van der Waals surface area contributed by atoms with Crippen molar-refractivity contribution in [2.24, 2.45) is 0 Å². The highest BCUT2D eigenvalue weighted by Crippen LogP contribution is 2.22. The Morgan fingerprint density at radius 1 is 1.03 bits per heavy atom. The molecule has 1 fully saturated rings. The van der Waals surface area contributed by atoms with Gasteiger partial charge in [0.2, 0.25) is 15.9 Å². The van der Waals surface area contributed by atoms with Crippen LogP contribution in [0.3, 0.4) is 0 Å². The smallest absolute Gasteiger partial charge is 0.243 e. The molecule has 2 aromatic rings.